The molecule has 1 amide bonds. The zero-order valence-electron chi connectivity index (χ0n) is 7.55. The van der Waals surface area contributed by atoms with Gasteiger partial charge >= 0.3 is 0 Å². The molecule has 1 fully saturated rings. The van der Waals surface area contributed by atoms with Crippen molar-refractivity contribution in [3.05, 3.63) is 0 Å². The minimum atomic E-state index is -0.526. The Kier molecular flexibility index (Phi) is 2.37. The van der Waals surface area contributed by atoms with E-state index in [-0.39, 0.29) is 11.8 Å². The third-order valence-corrected chi connectivity index (χ3v) is 2.31. The number of rotatable bonds is 2. The highest BCUT2D eigenvalue weighted by atomic mass is 16.2. The zero-order valence-corrected chi connectivity index (χ0v) is 7.55. The predicted molar refractivity (Wildman–Crippen MR) is 45.2 cm³/mol. The van der Waals surface area contributed by atoms with Gasteiger partial charge in [0.15, 0.2) is 0 Å². The SMILES string of the molecule is CC(C)C(=O)NC1(C#N)CCC1. The molecule has 0 heterocycles. The Morgan fingerprint density at radius 1 is 1.58 bits per heavy atom. The summed E-state index contributed by atoms with van der Waals surface area (Å²) in [5.74, 6) is -0.0490. The van der Waals surface area contributed by atoms with Crippen LogP contribution < -0.4 is 5.32 Å². The lowest BCUT2D eigenvalue weighted by molar-refractivity contribution is -0.126. The van der Waals surface area contributed by atoms with E-state index in [1.165, 1.54) is 0 Å². The molecule has 0 aromatic heterocycles. The highest BCUT2D eigenvalue weighted by Gasteiger charge is 2.38. The summed E-state index contributed by atoms with van der Waals surface area (Å²) in [6, 6.07) is 2.17. The van der Waals surface area contributed by atoms with Crippen molar-refractivity contribution in [3.8, 4) is 6.07 Å². The molecule has 12 heavy (non-hydrogen) atoms. The summed E-state index contributed by atoms with van der Waals surface area (Å²) in [5.41, 5.74) is -0.526. The summed E-state index contributed by atoms with van der Waals surface area (Å²) in [5, 5.41) is 11.6. The molecule has 1 N–H and O–H groups in total. The Bertz CT molecular complexity index is 223. The first kappa shape index (κ1) is 9.05. The van der Waals surface area contributed by atoms with Gasteiger partial charge in [-0.05, 0) is 19.3 Å². The number of hydrogen-bond acceptors (Lipinski definition) is 2. The van der Waals surface area contributed by atoms with Crippen LogP contribution in [0.25, 0.3) is 0 Å². The van der Waals surface area contributed by atoms with Gasteiger partial charge in [0, 0.05) is 5.92 Å². The van der Waals surface area contributed by atoms with Gasteiger partial charge in [0.05, 0.1) is 6.07 Å². The molecule has 0 atom stereocenters. The Labute approximate surface area is 72.8 Å². The highest BCUT2D eigenvalue weighted by molar-refractivity contribution is 5.79. The smallest absolute Gasteiger partial charge is 0.223 e. The lowest BCUT2D eigenvalue weighted by atomic mass is 9.78. The molecule has 0 aromatic rings. The third-order valence-electron chi connectivity index (χ3n) is 2.31. The summed E-state index contributed by atoms with van der Waals surface area (Å²) in [7, 11) is 0. The van der Waals surface area contributed by atoms with Gasteiger partial charge < -0.3 is 5.32 Å². The first-order valence-corrected chi connectivity index (χ1v) is 4.33. The fourth-order valence-corrected chi connectivity index (χ4v) is 1.18. The van der Waals surface area contributed by atoms with Crippen LogP contribution in [0.15, 0.2) is 0 Å². The zero-order chi connectivity index (χ0) is 9.19. The first-order chi connectivity index (χ1) is 5.59. The van der Waals surface area contributed by atoms with Crippen LogP contribution in [-0.4, -0.2) is 11.4 Å². The lowest BCUT2D eigenvalue weighted by Gasteiger charge is -2.36. The molecule has 3 nitrogen and oxygen atoms in total. The van der Waals surface area contributed by atoms with Crippen molar-refractivity contribution in [3.63, 3.8) is 0 Å². The van der Waals surface area contributed by atoms with Crippen LogP contribution in [0.1, 0.15) is 33.1 Å². The molecular weight excluding hydrogens is 152 g/mol. The first-order valence-electron chi connectivity index (χ1n) is 4.33. The van der Waals surface area contributed by atoms with Crippen LogP contribution in [0.4, 0.5) is 0 Å². The molecule has 1 aliphatic carbocycles. The number of nitriles is 1. The summed E-state index contributed by atoms with van der Waals surface area (Å²) in [6.45, 7) is 3.66. The normalized spacial score (nSPS) is 19.5. The fourth-order valence-electron chi connectivity index (χ4n) is 1.18. The standard InChI is InChI=1S/C9H14N2O/c1-7(2)8(12)11-9(6-10)4-3-5-9/h7H,3-5H2,1-2H3,(H,11,12). The van der Waals surface area contributed by atoms with E-state index < -0.39 is 5.54 Å². The number of carbonyl (C=O) groups excluding carboxylic acids is 1. The van der Waals surface area contributed by atoms with E-state index in [0.717, 1.165) is 19.3 Å². The molecule has 0 saturated heterocycles. The summed E-state index contributed by atoms with van der Waals surface area (Å²) < 4.78 is 0. The van der Waals surface area contributed by atoms with Gasteiger partial charge in [-0.3, -0.25) is 4.79 Å². The van der Waals surface area contributed by atoms with Crippen molar-refractivity contribution in [2.45, 2.75) is 38.6 Å². The number of nitrogens with one attached hydrogen (secondary N) is 1. The van der Waals surface area contributed by atoms with Crippen LogP contribution in [0, 0.1) is 17.2 Å². The van der Waals surface area contributed by atoms with Gasteiger partial charge in [-0.1, -0.05) is 13.8 Å². The Morgan fingerprint density at radius 3 is 2.42 bits per heavy atom. The van der Waals surface area contributed by atoms with E-state index in [4.69, 9.17) is 5.26 Å². The van der Waals surface area contributed by atoms with Crippen molar-refractivity contribution in [1.29, 1.82) is 5.26 Å². The molecule has 0 bridgehead atoms. The monoisotopic (exact) mass is 166 g/mol. The Balaban J connectivity index is 2.50. The number of nitrogens with zero attached hydrogens (tertiary/aromatic N) is 1. The van der Waals surface area contributed by atoms with E-state index in [0.29, 0.717) is 0 Å². The average Bonchev–Trinajstić information content (AvgIpc) is 1.96. The molecule has 0 spiro atoms. The van der Waals surface area contributed by atoms with Crippen molar-refractivity contribution in [1.82, 2.24) is 5.32 Å². The van der Waals surface area contributed by atoms with Gasteiger partial charge in [-0.15, -0.1) is 0 Å². The third kappa shape index (κ3) is 1.58. The van der Waals surface area contributed by atoms with Crippen LogP contribution in [0.5, 0.6) is 0 Å². The van der Waals surface area contributed by atoms with Gasteiger partial charge in [0.25, 0.3) is 0 Å². The van der Waals surface area contributed by atoms with Crippen molar-refractivity contribution in [2.24, 2.45) is 5.92 Å². The van der Waals surface area contributed by atoms with E-state index in [2.05, 4.69) is 11.4 Å². The van der Waals surface area contributed by atoms with Gasteiger partial charge in [-0.25, -0.2) is 0 Å². The van der Waals surface area contributed by atoms with E-state index >= 15 is 0 Å². The molecular formula is C9H14N2O. The molecule has 0 aromatic carbocycles. The van der Waals surface area contributed by atoms with Crippen molar-refractivity contribution in [2.75, 3.05) is 0 Å². The molecule has 3 heteroatoms. The Hall–Kier alpha value is -1.04. The lowest BCUT2D eigenvalue weighted by Crippen LogP contribution is -2.53. The second-order valence-corrected chi connectivity index (χ2v) is 3.69. The highest BCUT2D eigenvalue weighted by Crippen LogP contribution is 2.31. The van der Waals surface area contributed by atoms with Crippen molar-refractivity contribution >= 4 is 5.91 Å². The van der Waals surface area contributed by atoms with Crippen LogP contribution in [0.3, 0.4) is 0 Å². The Morgan fingerprint density at radius 2 is 2.17 bits per heavy atom. The topological polar surface area (TPSA) is 52.9 Å². The van der Waals surface area contributed by atoms with Gasteiger partial charge in [0.1, 0.15) is 5.54 Å². The van der Waals surface area contributed by atoms with Crippen LogP contribution in [0.2, 0.25) is 0 Å². The average molecular weight is 166 g/mol. The van der Waals surface area contributed by atoms with Gasteiger partial charge in [-0.2, -0.15) is 5.26 Å². The maximum absolute atomic E-state index is 11.2. The summed E-state index contributed by atoms with van der Waals surface area (Å²) >= 11 is 0. The maximum Gasteiger partial charge on any atom is 0.223 e. The molecule has 66 valence electrons. The number of hydrogen-bond donors (Lipinski definition) is 1. The minimum Gasteiger partial charge on any atom is -0.338 e. The second-order valence-electron chi connectivity index (χ2n) is 3.69. The van der Waals surface area contributed by atoms with Crippen molar-refractivity contribution < 1.29 is 4.79 Å². The minimum absolute atomic E-state index is 0.0174. The predicted octanol–water partition coefficient (Wildman–Crippen LogP) is 1.20. The molecule has 0 unspecified atom stereocenters. The number of carbonyl (C=O) groups is 1. The summed E-state index contributed by atoms with van der Waals surface area (Å²) in [6.07, 6.45) is 2.66. The largest absolute Gasteiger partial charge is 0.338 e. The van der Waals surface area contributed by atoms with Crippen LogP contribution in [-0.2, 0) is 4.79 Å². The van der Waals surface area contributed by atoms with Gasteiger partial charge in [0.2, 0.25) is 5.91 Å². The van der Waals surface area contributed by atoms with E-state index in [1.54, 1.807) is 0 Å². The van der Waals surface area contributed by atoms with E-state index in [1.807, 2.05) is 13.8 Å². The van der Waals surface area contributed by atoms with E-state index in [9.17, 15) is 4.79 Å². The fraction of sp³-hybridized carbons (Fsp3) is 0.778. The molecule has 1 aliphatic rings. The van der Waals surface area contributed by atoms with Crippen LogP contribution >= 0.6 is 0 Å². The second kappa shape index (κ2) is 3.14. The molecule has 0 radical (unpaired) electrons. The number of amides is 1. The summed E-state index contributed by atoms with van der Waals surface area (Å²) in [4.78, 5) is 11.2. The molecule has 1 saturated carbocycles. The molecule has 1 rings (SSSR count). The molecule has 0 aliphatic heterocycles. The quantitative estimate of drug-likeness (QED) is 0.670. The maximum atomic E-state index is 11.2.